The van der Waals surface area contributed by atoms with Gasteiger partial charge in [0.15, 0.2) is 0 Å². The first kappa shape index (κ1) is 11.0. The third kappa shape index (κ3) is 2.75. The molecule has 2 aromatic carbocycles. The van der Waals surface area contributed by atoms with E-state index in [0.717, 1.165) is 0 Å². The van der Waals surface area contributed by atoms with Crippen molar-refractivity contribution in [3.8, 4) is 0 Å². The number of nitroso groups, excluding NO2 is 1. The van der Waals surface area contributed by atoms with E-state index in [1.807, 2.05) is 18.2 Å². The quantitative estimate of drug-likeness (QED) is 0.816. The summed E-state index contributed by atoms with van der Waals surface area (Å²) in [5, 5.41) is 5.52. The molecule has 0 saturated carbocycles. The number of nitrogens with zero attached hydrogens (tertiary/aromatic N) is 1. The lowest BCUT2D eigenvalue weighted by atomic mass is 10.2. The predicted molar refractivity (Wildman–Crippen MR) is 66.3 cm³/mol. The summed E-state index contributed by atoms with van der Waals surface area (Å²) in [4.78, 5) is 22.2. The highest BCUT2D eigenvalue weighted by Gasteiger charge is 2.06. The molecule has 0 unspecified atom stereocenters. The van der Waals surface area contributed by atoms with Crippen LogP contribution in [0, 0.1) is 4.91 Å². The van der Waals surface area contributed by atoms with E-state index in [1.54, 1.807) is 30.3 Å². The minimum atomic E-state index is -0.262. The van der Waals surface area contributed by atoms with E-state index in [9.17, 15) is 9.70 Å². The van der Waals surface area contributed by atoms with Crippen LogP contribution in [0.2, 0.25) is 0 Å². The zero-order valence-electron chi connectivity index (χ0n) is 8.96. The Morgan fingerprint density at radius 1 is 1.00 bits per heavy atom. The van der Waals surface area contributed by atoms with Crippen molar-refractivity contribution in [2.75, 3.05) is 5.32 Å². The van der Waals surface area contributed by atoms with E-state index in [1.165, 1.54) is 6.07 Å². The maximum absolute atomic E-state index is 11.8. The fourth-order valence-electron chi connectivity index (χ4n) is 1.43. The van der Waals surface area contributed by atoms with Crippen molar-refractivity contribution < 1.29 is 4.79 Å². The summed E-state index contributed by atoms with van der Waals surface area (Å²) in [5.74, 6) is -0.262. The molecule has 0 fully saturated rings. The van der Waals surface area contributed by atoms with Gasteiger partial charge >= 0.3 is 0 Å². The molecule has 0 bridgehead atoms. The molecular formula is C13H10N2O2. The second-order valence-electron chi connectivity index (χ2n) is 3.46. The first-order valence-corrected chi connectivity index (χ1v) is 5.09. The third-order valence-electron chi connectivity index (χ3n) is 2.25. The Balaban J connectivity index is 2.17. The average Bonchev–Trinajstić information content (AvgIpc) is 2.40. The van der Waals surface area contributed by atoms with Crippen molar-refractivity contribution in [1.82, 2.24) is 0 Å². The molecule has 17 heavy (non-hydrogen) atoms. The van der Waals surface area contributed by atoms with Crippen LogP contribution in [0.3, 0.4) is 0 Å². The third-order valence-corrected chi connectivity index (χ3v) is 2.25. The summed E-state index contributed by atoms with van der Waals surface area (Å²) in [5.41, 5.74) is 1.36. The van der Waals surface area contributed by atoms with E-state index in [0.29, 0.717) is 11.3 Å². The number of benzene rings is 2. The number of carbonyl (C=O) groups is 1. The normalized spacial score (nSPS) is 9.65. The second-order valence-corrected chi connectivity index (χ2v) is 3.46. The van der Waals surface area contributed by atoms with Crippen molar-refractivity contribution >= 4 is 17.3 Å². The Morgan fingerprint density at radius 2 is 1.76 bits per heavy atom. The van der Waals surface area contributed by atoms with Crippen LogP contribution in [0.4, 0.5) is 11.4 Å². The number of hydrogen-bond donors (Lipinski definition) is 1. The van der Waals surface area contributed by atoms with Crippen LogP contribution in [0.15, 0.2) is 59.8 Å². The molecule has 0 saturated heterocycles. The summed E-state index contributed by atoms with van der Waals surface area (Å²) in [6.07, 6.45) is 0. The molecule has 4 nitrogen and oxygen atoms in total. The van der Waals surface area contributed by atoms with Crippen molar-refractivity contribution in [3.63, 3.8) is 0 Å². The predicted octanol–water partition coefficient (Wildman–Crippen LogP) is 3.34. The van der Waals surface area contributed by atoms with E-state index in [4.69, 9.17) is 0 Å². The summed E-state index contributed by atoms with van der Waals surface area (Å²) in [6.45, 7) is 0. The molecule has 0 aliphatic carbocycles. The van der Waals surface area contributed by atoms with Gasteiger partial charge in [-0.15, -0.1) is 4.91 Å². The van der Waals surface area contributed by atoms with Crippen LogP contribution in [-0.2, 0) is 0 Å². The molecule has 1 N–H and O–H groups in total. The lowest BCUT2D eigenvalue weighted by molar-refractivity contribution is 0.102. The van der Waals surface area contributed by atoms with Crippen LogP contribution >= 0.6 is 0 Å². The van der Waals surface area contributed by atoms with Crippen LogP contribution < -0.4 is 5.32 Å². The van der Waals surface area contributed by atoms with Crippen LogP contribution in [0.25, 0.3) is 0 Å². The largest absolute Gasteiger partial charge is 0.322 e. The molecule has 2 aromatic rings. The minimum Gasteiger partial charge on any atom is -0.322 e. The van der Waals surface area contributed by atoms with Crippen molar-refractivity contribution in [2.24, 2.45) is 5.18 Å². The maximum atomic E-state index is 11.8. The van der Waals surface area contributed by atoms with E-state index in [2.05, 4.69) is 10.5 Å². The number of anilines is 1. The Kier molecular flexibility index (Phi) is 3.25. The van der Waals surface area contributed by atoms with E-state index >= 15 is 0 Å². The molecule has 1 amide bonds. The van der Waals surface area contributed by atoms with Gasteiger partial charge in [0, 0.05) is 11.3 Å². The van der Waals surface area contributed by atoms with Gasteiger partial charge in [-0.25, -0.2) is 0 Å². The number of rotatable bonds is 3. The zero-order valence-corrected chi connectivity index (χ0v) is 8.96. The van der Waals surface area contributed by atoms with Crippen molar-refractivity contribution in [3.05, 3.63) is 65.1 Å². The van der Waals surface area contributed by atoms with Gasteiger partial charge in [-0.05, 0) is 35.5 Å². The number of carbonyl (C=O) groups excluding carboxylic acids is 1. The second kappa shape index (κ2) is 5.03. The molecule has 0 spiro atoms. The van der Waals surface area contributed by atoms with E-state index in [-0.39, 0.29) is 11.6 Å². The average molecular weight is 226 g/mol. The van der Waals surface area contributed by atoms with Gasteiger partial charge < -0.3 is 5.32 Å². The van der Waals surface area contributed by atoms with Crippen LogP contribution in [-0.4, -0.2) is 5.91 Å². The standard InChI is InChI=1S/C13H10N2O2/c16-13(14-11-6-2-1-3-7-11)10-5-4-8-12(9-10)15-17/h1-9H,(H,14,16). The minimum absolute atomic E-state index is 0.241. The molecule has 84 valence electrons. The maximum Gasteiger partial charge on any atom is 0.255 e. The molecule has 0 radical (unpaired) electrons. The highest BCUT2D eigenvalue weighted by Crippen LogP contribution is 2.15. The monoisotopic (exact) mass is 226 g/mol. The number of hydrogen-bond acceptors (Lipinski definition) is 3. The Hall–Kier alpha value is -2.49. The number of nitrogens with one attached hydrogen (secondary N) is 1. The highest BCUT2D eigenvalue weighted by atomic mass is 16.3. The summed E-state index contributed by atoms with van der Waals surface area (Å²) in [6, 6.07) is 15.4. The topological polar surface area (TPSA) is 58.5 Å². The fourth-order valence-corrected chi connectivity index (χ4v) is 1.43. The molecule has 4 heteroatoms. The summed E-state index contributed by atoms with van der Waals surface area (Å²) >= 11 is 0. The zero-order chi connectivity index (χ0) is 12.1. The molecule has 0 atom stereocenters. The van der Waals surface area contributed by atoms with Crippen LogP contribution in [0.5, 0.6) is 0 Å². The number of amides is 1. The van der Waals surface area contributed by atoms with E-state index < -0.39 is 0 Å². The Labute approximate surface area is 98.3 Å². The first-order valence-electron chi connectivity index (χ1n) is 5.09. The summed E-state index contributed by atoms with van der Waals surface area (Å²) in [7, 11) is 0. The molecule has 0 aliphatic rings. The molecule has 2 rings (SSSR count). The lowest BCUT2D eigenvalue weighted by Crippen LogP contribution is -2.11. The highest BCUT2D eigenvalue weighted by molar-refractivity contribution is 6.04. The molecule has 0 aromatic heterocycles. The Morgan fingerprint density at radius 3 is 2.47 bits per heavy atom. The smallest absolute Gasteiger partial charge is 0.255 e. The first-order chi connectivity index (χ1) is 8.29. The SMILES string of the molecule is O=Nc1cccc(C(=O)Nc2ccccc2)c1. The molecule has 0 heterocycles. The van der Waals surface area contributed by atoms with Crippen molar-refractivity contribution in [1.29, 1.82) is 0 Å². The van der Waals surface area contributed by atoms with Crippen molar-refractivity contribution in [2.45, 2.75) is 0 Å². The molecule has 0 aliphatic heterocycles. The van der Waals surface area contributed by atoms with Crippen LogP contribution in [0.1, 0.15) is 10.4 Å². The fraction of sp³-hybridized carbons (Fsp3) is 0. The van der Waals surface area contributed by atoms with Gasteiger partial charge in [0.05, 0.1) is 0 Å². The van der Waals surface area contributed by atoms with Gasteiger partial charge in [-0.1, -0.05) is 24.3 Å². The van der Waals surface area contributed by atoms with Gasteiger partial charge in [0.1, 0.15) is 5.69 Å². The summed E-state index contributed by atoms with van der Waals surface area (Å²) < 4.78 is 0. The van der Waals surface area contributed by atoms with Gasteiger partial charge in [0.2, 0.25) is 0 Å². The lowest BCUT2D eigenvalue weighted by Gasteiger charge is -2.04. The van der Waals surface area contributed by atoms with Gasteiger partial charge in [0.25, 0.3) is 5.91 Å². The van der Waals surface area contributed by atoms with Gasteiger partial charge in [-0.3, -0.25) is 4.79 Å². The Bertz CT molecular complexity index is 538. The molecular weight excluding hydrogens is 216 g/mol. The number of para-hydroxylation sites is 1. The van der Waals surface area contributed by atoms with Gasteiger partial charge in [-0.2, -0.15) is 0 Å².